The van der Waals surface area contributed by atoms with Crippen molar-refractivity contribution in [1.82, 2.24) is 4.90 Å². The molecule has 0 saturated carbocycles. The molecule has 6 heteroatoms. The van der Waals surface area contributed by atoms with Crippen molar-refractivity contribution in [3.63, 3.8) is 0 Å². The Morgan fingerprint density at radius 2 is 1.87 bits per heavy atom. The van der Waals surface area contributed by atoms with Crippen LogP contribution >= 0.6 is 0 Å². The van der Waals surface area contributed by atoms with Crippen LogP contribution in [0.15, 0.2) is 24.3 Å². The van der Waals surface area contributed by atoms with Gasteiger partial charge in [-0.15, -0.1) is 0 Å². The van der Waals surface area contributed by atoms with Gasteiger partial charge in [0.25, 0.3) is 5.91 Å². The van der Waals surface area contributed by atoms with Crippen LogP contribution in [0, 0.1) is 5.92 Å². The Bertz CT molecular complexity index is 597. The maximum absolute atomic E-state index is 12.5. The molecule has 1 aromatic carbocycles. The van der Waals surface area contributed by atoms with Gasteiger partial charge in [-0.1, -0.05) is 0 Å². The molecule has 0 radical (unpaired) electrons. The largest absolute Gasteiger partial charge is 0.481 e. The van der Waals surface area contributed by atoms with E-state index in [1.807, 2.05) is 4.90 Å². The van der Waals surface area contributed by atoms with Crippen molar-refractivity contribution in [3.8, 4) is 0 Å². The molecule has 2 amide bonds. The first-order valence-electron chi connectivity index (χ1n) is 7.85. The molecular weight excluding hydrogens is 296 g/mol. The second-order valence-corrected chi connectivity index (χ2v) is 5.97. The summed E-state index contributed by atoms with van der Waals surface area (Å²) < 4.78 is 0. The Balaban J connectivity index is 2.03. The van der Waals surface area contributed by atoms with E-state index in [1.54, 1.807) is 24.3 Å². The normalized spacial score (nSPS) is 19.0. The predicted molar refractivity (Wildman–Crippen MR) is 86.2 cm³/mol. The topological polar surface area (TPSA) is 86.7 Å². The number of nitrogens with one attached hydrogen (secondary N) is 1. The van der Waals surface area contributed by atoms with Gasteiger partial charge in [0, 0.05) is 23.8 Å². The zero-order valence-electron chi connectivity index (χ0n) is 13.4. The number of aliphatic carboxylic acids is 1. The molecule has 1 fully saturated rings. The van der Waals surface area contributed by atoms with E-state index in [-0.39, 0.29) is 11.9 Å². The molecule has 1 heterocycles. The molecule has 0 spiro atoms. The molecule has 6 nitrogen and oxygen atoms in total. The lowest BCUT2D eigenvalue weighted by Crippen LogP contribution is -2.42. The summed E-state index contributed by atoms with van der Waals surface area (Å²) in [6.45, 7) is 4.15. The van der Waals surface area contributed by atoms with Gasteiger partial charge >= 0.3 is 5.97 Å². The zero-order valence-corrected chi connectivity index (χ0v) is 13.4. The first-order chi connectivity index (χ1) is 10.9. The minimum Gasteiger partial charge on any atom is -0.481 e. The predicted octanol–water partition coefficient (Wildman–Crippen LogP) is 2.36. The average Bonchev–Trinajstić information content (AvgIpc) is 2.54. The number of carbonyl (C=O) groups is 3. The van der Waals surface area contributed by atoms with Crippen LogP contribution in [0.4, 0.5) is 5.69 Å². The van der Waals surface area contributed by atoms with Crippen molar-refractivity contribution in [2.45, 2.75) is 39.2 Å². The van der Waals surface area contributed by atoms with Crippen LogP contribution < -0.4 is 5.32 Å². The monoisotopic (exact) mass is 318 g/mol. The molecule has 0 aromatic heterocycles. The van der Waals surface area contributed by atoms with Crippen LogP contribution in [0.3, 0.4) is 0 Å². The van der Waals surface area contributed by atoms with Gasteiger partial charge in [0.05, 0.1) is 0 Å². The molecule has 2 rings (SSSR count). The number of piperidine rings is 1. The summed E-state index contributed by atoms with van der Waals surface area (Å²) in [5.74, 6) is -2.88. The molecule has 1 aromatic rings. The number of hydrogen-bond donors (Lipinski definition) is 2. The quantitative estimate of drug-likeness (QED) is 0.834. The van der Waals surface area contributed by atoms with E-state index in [4.69, 9.17) is 5.11 Å². The first-order valence-corrected chi connectivity index (χ1v) is 7.85. The van der Waals surface area contributed by atoms with E-state index in [1.165, 1.54) is 6.92 Å². The summed E-state index contributed by atoms with van der Waals surface area (Å²) in [5.41, 5.74) is 1.05. The van der Waals surface area contributed by atoms with Crippen molar-refractivity contribution in [1.29, 1.82) is 0 Å². The fourth-order valence-corrected chi connectivity index (χ4v) is 2.62. The van der Waals surface area contributed by atoms with Crippen LogP contribution in [0.25, 0.3) is 0 Å². The van der Waals surface area contributed by atoms with E-state index in [0.29, 0.717) is 11.3 Å². The van der Waals surface area contributed by atoms with Crippen molar-refractivity contribution in [2.75, 3.05) is 11.9 Å². The molecule has 2 atom stereocenters. The van der Waals surface area contributed by atoms with Crippen LogP contribution in [-0.4, -0.2) is 40.4 Å². The van der Waals surface area contributed by atoms with E-state index in [2.05, 4.69) is 12.2 Å². The zero-order chi connectivity index (χ0) is 17.0. The Hall–Kier alpha value is -2.37. The van der Waals surface area contributed by atoms with Crippen molar-refractivity contribution >= 4 is 23.5 Å². The average molecular weight is 318 g/mol. The highest BCUT2D eigenvalue weighted by atomic mass is 16.4. The molecule has 2 N–H and O–H groups in total. The standard InChI is InChI=1S/C17H22N2O4/c1-11-5-3-4-10-19(11)16(21)13-6-8-14(9-7-13)18-15(20)12(2)17(22)23/h6-9,11-12H,3-5,10H2,1-2H3,(H,18,20)(H,22,23). The number of benzene rings is 1. The number of hydrogen-bond acceptors (Lipinski definition) is 3. The van der Waals surface area contributed by atoms with E-state index in [9.17, 15) is 14.4 Å². The molecule has 23 heavy (non-hydrogen) atoms. The number of carbonyl (C=O) groups excluding carboxylic acids is 2. The minimum absolute atomic E-state index is 0.00557. The van der Waals surface area contributed by atoms with E-state index >= 15 is 0 Å². The van der Waals surface area contributed by atoms with Gasteiger partial charge in [0.1, 0.15) is 5.92 Å². The van der Waals surface area contributed by atoms with Crippen molar-refractivity contribution < 1.29 is 19.5 Å². The second kappa shape index (κ2) is 7.26. The number of carboxylic acids is 1. The molecular formula is C17H22N2O4. The van der Waals surface area contributed by atoms with Gasteiger partial charge in [-0.05, 0) is 57.4 Å². The first kappa shape index (κ1) is 17.0. The SMILES string of the molecule is CC(C(=O)O)C(=O)Nc1ccc(C(=O)N2CCCCC2C)cc1. The minimum atomic E-state index is -1.17. The molecule has 1 aliphatic rings. The van der Waals surface area contributed by atoms with Gasteiger partial charge in [-0.2, -0.15) is 0 Å². The molecule has 0 bridgehead atoms. The lowest BCUT2D eigenvalue weighted by molar-refractivity contribution is -0.144. The number of anilines is 1. The van der Waals surface area contributed by atoms with E-state index in [0.717, 1.165) is 25.8 Å². The highest BCUT2D eigenvalue weighted by Crippen LogP contribution is 2.20. The number of rotatable bonds is 4. The van der Waals surface area contributed by atoms with Crippen LogP contribution in [0.2, 0.25) is 0 Å². The molecule has 1 saturated heterocycles. The smallest absolute Gasteiger partial charge is 0.315 e. The number of nitrogens with zero attached hydrogens (tertiary/aromatic N) is 1. The van der Waals surface area contributed by atoms with Crippen molar-refractivity contribution in [2.24, 2.45) is 5.92 Å². The Labute approximate surface area is 135 Å². The van der Waals surface area contributed by atoms with Crippen LogP contribution in [0.1, 0.15) is 43.5 Å². The third-order valence-electron chi connectivity index (χ3n) is 4.23. The van der Waals surface area contributed by atoms with Gasteiger partial charge < -0.3 is 15.3 Å². The lowest BCUT2D eigenvalue weighted by atomic mass is 10.0. The summed E-state index contributed by atoms with van der Waals surface area (Å²) in [6, 6.07) is 6.80. The molecule has 0 aliphatic carbocycles. The summed E-state index contributed by atoms with van der Waals surface area (Å²) >= 11 is 0. The fourth-order valence-electron chi connectivity index (χ4n) is 2.62. The van der Waals surface area contributed by atoms with Crippen LogP contribution in [-0.2, 0) is 9.59 Å². The summed E-state index contributed by atoms with van der Waals surface area (Å²) in [4.78, 5) is 36.8. The third-order valence-corrected chi connectivity index (χ3v) is 4.23. The lowest BCUT2D eigenvalue weighted by Gasteiger charge is -2.33. The van der Waals surface area contributed by atoms with Gasteiger partial charge in [-0.25, -0.2) is 0 Å². The highest BCUT2D eigenvalue weighted by Gasteiger charge is 2.24. The van der Waals surface area contributed by atoms with E-state index < -0.39 is 17.8 Å². The summed E-state index contributed by atoms with van der Waals surface area (Å²) in [7, 11) is 0. The number of likely N-dealkylation sites (tertiary alicyclic amines) is 1. The van der Waals surface area contributed by atoms with Gasteiger partial charge in [0.15, 0.2) is 0 Å². The molecule has 1 aliphatic heterocycles. The molecule has 124 valence electrons. The number of amides is 2. The Morgan fingerprint density at radius 1 is 1.22 bits per heavy atom. The Morgan fingerprint density at radius 3 is 2.43 bits per heavy atom. The summed E-state index contributed by atoms with van der Waals surface area (Å²) in [6.07, 6.45) is 3.20. The third kappa shape index (κ3) is 4.09. The summed E-state index contributed by atoms with van der Waals surface area (Å²) in [5, 5.41) is 11.3. The number of carboxylic acid groups (broad SMARTS) is 1. The van der Waals surface area contributed by atoms with Crippen molar-refractivity contribution in [3.05, 3.63) is 29.8 Å². The maximum atomic E-state index is 12.5. The second-order valence-electron chi connectivity index (χ2n) is 5.97. The highest BCUT2D eigenvalue weighted by molar-refractivity contribution is 6.04. The maximum Gasteiger partial charge on any atom is 0.315 e. The Kier molecular flexibility index (Phi) is 5.36. The fraction of sp³-hybridized carbons (Fsp3) is 0.471. The molecule has 2 unspecified atom stereocenters. The van der Waals surface area contributed by atoms with Gasteiger partial charge in [-0.3, -0.25) is 14.4 Å². The van der Waals surface area contributed by atoms with Gasteiger partial charge in [0.2, 0.25) is 5.91 Å². The van der Waals surface area contributed by atoms with Crippen LogP contribution in [0.5, 0.6) is 0 Å².